The van der Waals surface area contributed by atoms with Crippen LogP contribution in [0.15, 0.2) is 36.5 Å². The Kier molecular flexibility index (Phi) is 6.18. The van der Waals surface area contributed by atoms with Gasteiger partial charge in [-0.15, -0.1) is 0 Å². The SMILES string of the molecule is CCCCCCc1cn(C(=O)OC(C)(C)C)c(-c2ccccc2)n1. The Morgan fingerprint density at radius 3 is 2.46 bits per heavy atom. The van der Waals surface area contributed by atoms with Crippen LogP contribution in [0.1, 0.15) is 59.1 Å². The minimum Gasteiger partial charge on any atom is -0.443 e. The highest BCUT2D eigenvalue weighted by atomic mass is 16.6. The van der Waals surface area contributed by atoms with Gasteiger partial charge in [-0.05, 0) is 33.6 Å². The molecule has 0 aliphatic heterocycles. The van der Waals surface area contributed by atoms with E-state index in [0.717, 1.165) is 24.1 Å². The summed E-state index contributed by atoms with van der Waals surface area (Å²) in [6.07, 6.45) is 7.05. The van der Waals surface area contributed by atoms with E-state index < -0.39 is 5.60 Å². The lowest BCUT2D eigenvalue weighted by Crippen LogP contribution is -2.27. The molecule has 0 saturated carbocycles. The summed E-state index contributed by atoms with van der Waals surface area (Å²) in [5, 5.41) is 0. The average molecular weight is 328 g/mol. The van der Waals surface area contributed by atoms with E-state index in [0.29, 0.717) is 5.82 Å². The highest BCUT2D eigenvalue weighted by Gasteiger charge is 2.22. The second-order valence-corrected chi connectivity index (χ2v) is 7.08. The van der Waals surface area contributed by atoms with E-state index in [1.54, 1.807) is 0 Å². The third kappa shape index (κ3) is 5.22. The maximum Gasteiger partial charge on any atom is 0.420 e. The number of nitrogens with zero attached hydrogens (tertiary/aromatic N) is 2. The Labute approximate surface area is 144 Å². The van der Waals surface area contributed by atoms with E-state index in [-0.39, 0.29) is 6.09 Å². The van der Waals surface area contributed by atoms with Crippen molar-refractivity contribution >= 4 is 6.09 Å². The maximum absolute atomic E-state index is 12.5. The van der Waals surface area contributed by atoms with E-state index in [1.165, 1.54) is 23.8 Å². The summed E-state index contributed by atoms with van der Waals surface area (Å²) in [4.78, 5) is 17.2. The van der Waals surface area contributed by atoms with Crippen molar-refractivity contribution < 1.29 is 9.53 Å². The van der Waals surface area contributed by atoms with Crippen LogP contribution in [0.4, 0.5) is 4.79 Å². The topological polar surface area (TPSA) is 44.1 Å². The summed E-state index contributed by atoms with van der Waals surface area (Å²) in [6, 6.07) is 9.78. The zero-order chi connectivity index (χ0) is 17.6. The molecule has 4 heteroatoms. The summed E-state index contributed by atoms with van der Waals surface area (Å²) in [7, 11) is 0. The highest BCUT2D eigenvalue weighted by Crippen LogP contribution is 2.21. The third-order valence-electron chi connectivity index (χ3n) is 3.66. The zero-order valence-electron chi connectivity index (χ0n) is 15.2. The molecule has 2 rings (SSSR count). The first-order chi connectivity index (χ1) is 11.4. The maximum atomic E-state index is 12.5. The molecule has 1 aromatic heterocycles. The molecule has 0 bridgehead atoms. The van der Waals surface area contributed by atoms with Gasteiger partial charge in [-0.2, -0.15) is 0 Å². The molecule has 0 N–H and O–H groups in total. The van der Waals surface area contributed by atoms with Crippen LogP contribution < -0.4 is 0 Å². The van der Waals surface area contributed by atoms with Gasteiger partial charge in [-0.1, -0.05) is 56.5 Å². The smallest absolute Gasteiger partial charge is 0.420 e. The summed E-state index contributed by atoms with van der Waals surface area (Å²) in [5.41, 5.74) is 1.33. The van der Waals surface area contributed by atoms with Gasteiger partial charge in [0.05, 0.1) is 5.69 Å². The van der Waals surface area contributed by atoms with Crippen molar-refractivity contribution in [1.29, 1.82) is 0 Å². The molecule has 4 nitrogen and oxygen atoms in total. The zero-order valence-corrected chi connectivity index (χ0v) is 15.2. The van der Waals surface area contributed by atoms with Gasteiger partial charge in [-0.25, -0.2) is 14.3 Å². The number of ether oxygens (including phenoxy) is 1. The highest BCUT2D eigenvalue weighted by molar-refractivity contribution is 5.77. The summed E-state index contributed by atoms with van der Waals surface area (Å²) < 4.78 is 7.06. The number of hydrogen-bond acceptors (Lipinski definition) is 3. The van der Waals surface area contributed by atoms with E-state index in [9.17, 15) is 4.79 Å². The minimum atomic E-state index is -0.531. The van der Waals surface area contributed by atoms with Crippen molar-refractivity contribution in [2.24, 2.45) is 0 Å². The van der Waals surface area contributed by atoms with Gasteiger partial charge in [0.2, 0.25) is 0 Å². The van der Waals surface area contributed by atoms with Crippen molar-refractivity contribution in [2.45, 2.75) is 65.4 Å². The van der Waals surface area contributed by atoms with Crippen LogP contribution in [0.5, 0.6) is 0 Å². The molecule has 24 heavy (non-hydrogen) atoms. The van der Waals surface area contributed by atoms with Gasteiger partial charge in [0, 0.05) is 11.8 Å². The second-order valence-electron chi connectivity index (χ2n) is 7.08. The number of hydrogen-bond donors (Lipinski definition) is 0. The Hall–Kier alpha value is -2.10. The van der Waals surface area contributed by atoms with Gasteiger partial charge in [0.25, 0.3) is 0 Å². The van der Waals surface area contributed by atoms with Gasteiger partial charge < -0.3 is 4.74 Å². The van der Waals surface area contributed by atoms with Crippen molar-refractivity contribution in [3.63, 3.8) is 0 Å². The predicted octanol–water partition coefficient (Wildman–Crippen LogP) is 5.46. The molecular weight excluding hydrogens is 300 g/mol. The molecule has 0 radical (unpaired) electrons. The van der Waals surface area contributed by atoms with Crippen LogP contribution in [0.3, 0.4) is 0 Å². The quantitative estimate of drug-likeness (QED) is 0.662. The molecule has 0 atom stereocenters. The molecule has 0 aliphatic rings. The monoisotopic (exact) mass is 328 g/mol. The summed E-state index contributed by atoms with van der Waals surface area (Å²) in [5.74, 6) is 0.648. The first kappa shape index (κ1) is 18.2. The van der Waals surface area contributed by atoms with Crippen LogP contribution in [-0.4, -0.2) is 21.2 Å². The van der Waals surface area contributed by atoms with Crippen LogP contribution in [0.25, 0.3) is 11.4 Å². The molecule has 1 aromatic carbocycles. The summed E-state index contributed by atoms with van der Waals surface area (Å²) in [6.45, 7) is 7.81. The number of aryl methyl sites for hydroxylation is 1. The van der Waals surface area contributed by atoms with Gasteiger partial charge >= 0.3 is 6.09 Å². The van der Waals surface area contributed by atoms with Crippen molar-refractivity contribution in [3.05, 3.63) is 42.2 Å². The van der Waals surface area contributed by atoms with Crippen molar-refractivity contribution in [1.82, 2.24) is 9.55 Å². The molecule has 1 heterocycles. The lowest BCUT2D eigenvalue weighted by atomic mass is 10.1. The fraction of sp³-hybridized carbons (Fsp3) is 0.500. The van der Waals surface area contributed by atoms with Crippen molar-refractivity contribution in [3.8, 4) is 11.4 Å². The Balaban J connectivity index is 2.26. The van der Waals surface area contributed by atoms with Crippen LogP contribution in [-0.2, 0) is 11.2 Å². The lowest BCUT2D eigenvalue weighted by Gasteiger charge is -2.20. The number of rotatable bonds is 6. The first-order valence-electron chi connectivity index (χ1n) is 8.78. The third-order valence-corrected chi connectivity index (χ3v) is 3.66. The molecule has 0 unspecified atom stereocenters. The molecular formula is C20H28N2O2. The molecule has 0 amide bonds. The normalized spacial score (nSPS) is 11.5. The number of unbranched alkanes of at least 4 members (excludes halogenated alkanes) is 3. The fourth-order valence-electron chi connectivity index (χ4n) is 2.52. The Bertz CT molecular complexity index is 654. The van der Waals surface area contributed by atoms with Gasteiger partial charge in [0.15, 0.2) is 0 Å². The molecule has 130 valence electrons. The molecule has 0 aliphatic carbocycles. The average Bonchev–Trinajstić information content (AvgIpc) is 2.95. The number of imidazole rings is 1. The van der Waals surface area contributed by atoms with E-state index in [1.807, 2.05) is 57.3 Å². The Morgan fingerprint density at radius 2 is 1.83 bits per heavy atom. The van der Waals surface area contributed by atoms with Crippen LogP contribution in [0.2, 0.25) is 0 Å². The van der Waals surface area contributed by atoms with Crippen LogP contribution in [0, 0.1) is 0 Å². The lowest BCUT2D eigenvalue weighted by molar-refractivity contribution is 0.0539. The number of aromatic nitrogens is 2. The van der Waals surface area contributed by atoms with Crippen LogP contribution >= 0.6 is 0 Å². The summed E-state index contributed by atoms with van der Waals surface area (Å²) >= 11 is 0. The van der Waals surface area contributed by atoms with E-state index in [4.69, 9.17) is 9.72 Å². The molecule has 0 fully saturated rings. The number of benzene rings is 1. The number of carbonyl (C=O) groups excluding carboxylic acids is 1. The first-order valence-corrected chi connectivity index (χ1v) is 8.78. The molecule has 0 spiro atoms. The Morgan fingerprint density at radius 1 is 1.12 bits per heavy atom. The fourth-order valence-corrected chi connectivity index (χ4v) is 2.52. The minimum absolute atomic E-state index is 0.381. The largest absolute Gasteiger partial charge is 0.443 e. The predicted molar refractivity (Wildman–Crippen MR) is 97.1 cm³/mol. The molecule has 0 saturated heterocycles. The van der Waals surface area contributed by atoms with Gasteiger partial charge in [-0.3, -0.25) is 0 Å². The van der Waals surface area contributed by atoms with Crippen molar-refractivity contribution in [2.75, 3.05) is 0 Å². The van der Waals surface area contributed by atoms with E-state index >= 15 is 0 Å². The van der Waals surface area contributed by atoms with E-state index in [2.05, 4.69) is 6.92 Å². The second kappa shape index (κ2) is 8.13. The van der Waals surface area contributed by atoms with Gasteiger partial charge in [0.1, 0.15) is 11.4 Å². The number of carbonyl (C=O) groups is 1. The standard InChI is InChI=1S/C20H28N2O2/c1-5-6-7-11-14-17-15-22(19(23)24-20(2,3)4)18(21-17)16-12-9-8-10-13-16/h8-10,12-13,15H,5-7,11,14H2,1-4H3. The molecule has 2 aromatic rings.